The average molecular weight is 388 g/mol. The summed E-state index contributed by atoms with van der Waals surface area (Å²) in [5.74, 6) is 1.57. The van der Waals surface area contributed by atoms with Gasteiger partial charge < -0.3 is 20.3 Å². The Morgan fingerprint density at radius 2 is 2.04 bits per heavy atom. The predicted molar refractivity (Wildman–Crippen MR) is 109 cm³/mol. The number of benzene rings is 1. The first kappa shape index (κ1) is 20.6. The molecule has 2 amide bonds. The van der Waals surface area contributed by atoms with Gasteiger partial charge in [0, 0.05) is 26.1 Å². The second-order valence-corrected chi connectivity index (χ2v) is 7.94. The van der Waals surface area contributed by atoms with Gasteiger partial charge in [-0.2, -0.15) is 0 Å². The Labute approximate surface area is 168 Å². The zero-order valence-electron chi connectivity index (χ0n) is 16.9. The fourth-order valence-corrected chi connectivity index (χ4v) is 4.13. The second kappa shape index (κ2) is 10.5. The lowest BCUT2D eigenvalue weighted by atomic mass is 9.97. The van der Waals surface area contributed by atoms with Crippen LogP contribution in [0.2, 0.25) is 0 Å². The number of likely N-dealkylation sites (tertiary alicyclic amines) is 1. The molecular formula is C22H33N3O3. The highest BCUT2D eigenvalue weighted by atomic mass is 16.5. The summed E-state index contributed by atoms with van der Waals surface area (Å²) in [6.07, 6.45) is 6.43. The van der Waals surface area contributed by atoms with Gasteiger partial charge in [0.25, 0.3) is 0 Å². The van der Waals surface area contributed by atoms with E-state index in [0.717, 1.165) is 63.9 Å². The van der Waals surface area contributed by atoms with Crippen LogP contribution in [0.3, 0.4) is 0 Å². The fraction of sp³-hybridized carbons (Fsp3) is 0.636. The number of carbonyl (C=O) groups is 2. The zero-order valence-corrected chi connectivity index (χ0v) is 16.9. The van der Waals surface area contributed by atoms with Gasteiger partial charge in [0.15, 0.2) is 0 Å². The summed E-state index contributed by atoms with van der Waals surface area (Å²) >= 11 is 0. The summed E-state index contributed by atoms with van der Waals surface area (Å²) < 4.78 is 5.17. The highest BCUT2D eigenvalue weighted by Crippen LogP contribution is 2.18. The maximum Gasteiger partial charge on any atom is 0.237 e. The molecule has 0 saturated carbocycles. The maximum absolute atomic E-state index is 12.6. The summed E-state index contributed by atoms with van der Waals surface area (Å²) in [6, 6.07) is 8.01. The van der Waals surface area contributed by atoms with E-state index in [9.17, 15) is 9.59 Å². The minimum absolute atomic E-state index is 0.0284. The van der Waals surface area contributed by atoms with Gasteiger partial charge in [-0.3, -0.25) is 9.59 Å². The van der Waals surface area contributed by atoms with Crippen LogP contribution in [0.25, 0.3) is 0 Å². The number of methoxy groups -OCH3 is 1. The van der Waals surface area contributed by atoms with Gasteiger partial charge in [-0.15, -0.1) is 0 Å². The van der Waals surface area contributed by atoms with Crippen molar-refractivity contribution < 1.29 is 14.3 Å². The largest absolute Gasteiger partial charge is 0.497 e. The van der Waals surface area contributed by atoms with Crippen LogP contribution in [0.4, 0.5) is 0 Å². The van der Waals surface area contributed by atoms with Gasteiger partial charge in [-0.05, 0) is 68.7 Å². The molecule has 1 aromatic rings. The van der Waals surface area contributed by atoms with Crippen molar-refractivity contribution in [3.8, 4) is 5.75 Å². The van der Waals surface area contributed by atoms with Crippen LogP contribution in [0.5, 0.6) is 5.75 Å². The molecule has 28 heavy (non-hydrogen) atoms. The number of hydrogen-bond donors (Lipinski definition) is 2. The Morgan fingerprint density at radius 3 is 2.75 bits per heavy atom. The van der Waals surface area contributed by atoms with Crippen LogP contribution in [-0.4, -0.2) is 56.0 Å². The predicted octanol–water partition coefficient (Wildman–Crippen LogP) is 2.12. The van der Waals surface area contributed by atoms with Crippen LogP contribution in [0.15, 0.2) is 24.3 Å². The van der Waals surface area contributed by atoms with Gasteiger partial charge in [0.05, 0.1) is 13.2 Å². The smallest absolute Gasteiger partial charge is 0.237 e. The summed E-state index contributed by atoms with van der Waals surface area (Å²) in [6.45, 7) is 3.21. The Morgan fingerprint density at radius 1 is 1.21 bits per heavy atom. The van der Waals surface area contributed by atoms with E-state index in [-0.39, 0.29) is 17.9 Å². The SMILES string of the molecule is COc1ccc(CCCC(=O)N2CCCC(CNC(=O)C3CCCN3)C2)cc1. The molecule has 2 unspecified atom stereocenters. The highest BCUT2D eigenvalue weighted by Gasteiger charge is 2.26. The molecule has 2 saturated heterocycles. The second-order valence-electron chi connectivity index (χ2n) is 7.94. The van der Waals surface area contributed by atoms with E-state index in [0.29, 0.717) is 18.9 Å². The molecule has 0 radical (unpaired) electrons. The van der Waals surface area contributed by atoms with Gasteiger partial charge in [0.1, 0.15) is 5.75 Å². The Balaban J connectivity index is 1.36. The topological polar surface area (TPSA) is 70.7 Å². The molecule has 3 rings (SSSR count). The number of hydrogen-bond acceptors (Lipinski definition) is 4. The number of rotatable bonds is 8. The van der Waals surface area contributed by atoms with E-state index in [1.807, 2.05) is 17.0 Å². The van der Waals surface area contributed by atoms with Crippen molar-refractivity contribution in [3.05, 3.63) is 29.8 Å². The van der Waals surface area contributed by atoms with Crippen molar-refractivity contribution in [1.29, 1.82) is 0 Å². The third-order valence-electron chi connectivity index (χ3n) is 5.83. The summed E-state index contributed by atoms with van der Waals surface area (Å²) in [4.78, 5) is 26.7. The standard InChI is InChI=1S/C22H33N3O3/c1-28-19-11-9-17(10-12-19)5-2-8-21(26)25-14-4-6-18(16-25)15-24-22(27)20-7-3-13-23-20/h9-12,18,20,23H,2-8,13-16H2,1H3,(H,24,27). The minimum atomic E-state index is -0.0284. The lowest BCUT2D eigenvalue weighted by Gasteiger charge is -2.33. The number of nitrogens with zero attached hydrogens (tertiary/aromatic N) is 1. The van der Waals surface area contributed by atoms with E-state index in [1.54, 1.807) is 7.11 Å². The fourth-order valence-electron chi connectivity index (χ4n) is 4.13. The molecule has 2 aliphatic rings. The quantitative estimate of drug-likeness (QED) is 0.717. The number of aryl methyl sites for hydroxylation is 1. The average Bonchev–Trinajstić information content (AvgIpc) is 3.28. The number of amides is 2. The minimum Gasteiger partial charge on any atom is -0.497 e. The van der Waals surface area contributed by atoms with Gasteiger partial charge >= 0.3 is 0 Å². The van der Waals surface area contributed by atoms with Crippen LogP contribution in [0, 0.1) is 5.92 Å². The zero-order chi connectivity index (χ0) is 19.8. The number of nitrogens with one attached hydrogen (secondary N) is 2. The van der Waals surface area contributed by atoms with Crippen LogP contribution < -0.4 is 15.4 Å². The molecule has 2 atom stereocenters. The van der Waals surface area contributed by atoms with Crippen molar-refractivity contribution in [2.24, 2.45) is 5.92 Å². The van der Waals surface area contributed by atoms with Crippen molar-refractivity contribution >= 4 is 11.8 Å². The molecule has 1 aromatic carbocycles. The molecule has 0 aliphatic carbocycles. The third-order valence-corrected chi connectivity index (χ3v) is 5.83. The lowest BCUT2D eigenvalue weighted by Crippen LogP contribution is -2.46. The summed E-state index contributed by atoms with van der Waals surface area (Å²) in [5.41, 5.74) is 1.23. The molecule has 6 heteroatoms. The lowest BCUT2D eigenvalue weighted by molar-refractivity contribution is -0.133. The van der Waals surface area contributed by atoms with Crippen molar-refractivity contribution in [3.63, 3.8) is 0 Å². The molecule has 0 aromatic heterocycles. The van der Waals surface area contributed by atoms with Crippen molar-refractivity contribution in [2.45, 2.75) is 51.0 Å². The van der Waals surface area contributed by atoms with Gasteiger partial charge in [0.2, 0.25) is 11.8 Å². The Hall–Kier alpha value is -2.08. The number of ether oxygens (including phenoxy) is 1. The molecule has 2 aliphatic heterocycles. The van der Waals surface area contributed by atoms with Crippen molar-refractivity contribution in [1.82, 2.24) is 15.5 Å². The van der Waals surface area contributed by atoms with E-state index < -0.39 is 0 Å². The van der Waals surface area contributed by atoms with E-state index in [2.05, 4.69) is 22.8 Å². The third kappa shape index (κ3) is 5.96. The first-order chi connectivity index (χ1) is 13.7. The molecule has 6 nitrogen and oxygen atoms in total. The van der Waals surface area contributed by atoms with E-state index in [4.69, 9.17) is 4.74 Å². The van der Waals surface area contributed by atoms with E-state index >= 15 is 0 Å². The summed E-state index contributed by atoms with van der Waals surface area (Å²) in [5, 5.41) is 6.31. The Kier molecular flexibility index (Phi) is 7.71. The molecule has 2 fully saturated rings. The van der Waals surface area contributed by atoms with E-state index in [1.165, 1.54) is 5.56 Å². The number of carbonyl (C=O) groups excluding carboxylic acids is 2. The molecule has 2 N–H and O–H groups in total. The van der Waals surface area contributed by atoms with Crippen LogP contribution >= 0.6 is 0 Å². The van der Waals surface area contributed by atoms with Gasteiger partial charge in [-0.25, -0.2) is 0 Å². The van der Waals surface area contributed by atoms with Gasteiger partial charge in [-0.1, -0.05) is 12.1 Å². The van der Waals surface area contributed by atoms with Crippen LogP contribution in [-0.2, 0) is 16.0 Å². The highest BCUT2D eigenvalue weighted by molar-refractivity contribution is 5.82. The van der Waals surface area contributed by atoms with Crippen molar-refractivity contribution in [2.75, 3.05) is 33.3 Å². The Bertz CT molecular complexity index is 641. The maximum atomic E-state index is 12.6. The molecule has 0 spiro atoms. The first-order valence-corrected chi connectivity index (χ1v) is 10.6. The molecule has 0 bridgehead atoms. The molecular weight excluding hydrogens is 354 g/mol. The number of piperidine rings is 1. The molecule has 154 valence electrons. The monoisotopic (exact) mass is 387 g/mol. The normalized spacial score (nSPS) is 22.1. The van der Waals surface area contributed by atoms with Crippen LogP contribution in [0.1, 0.15) is 44.1 Å². The summed E-state index contributed by atoms with van der Waals surface area (Å²) in [7, 11) is 1.66. The molecule has 2 heterocycles. The first-order valence-electron chi connectivity index (χ1n) is 10.6.